The predicted molar refractivity (Wildman–Crippen MR) is 73.9 cm³/mol. The first-order valence-corrected chi connectivity index (χ1v) is 6.04. The van der Waals surface area contributed by atoms with Gasteiger partial charge in [0.2, 0.25) is 0 Å². The maximum atomic E-state index is 9.27. The molecule has 3 nitrogen and oxygen atoms in total. The summed E-state index contributed by atoms with van der Waals surface area (Å²) < 4.78 is 1.93. The largest absolute Gasteiger partial charge is 0.392 e. The molecule has 0 atom stereocenters. The third kappa shape index (κ3) is 1.88. The van der Waals surface area contributed by atoms with Crippen molar-refractivity contribution in [3.8, 4) is 11.8 Å². The van der Waals surface area contributed by atoms with E-state index in [-0.39, 0.29) is 6.61 Å². The number of nitriles is 1. The molecule has 3 heteroatoms. The Balaban J connectivity index is 2.25. The summed E-state index contributed by atoms with van der Waals surface area (Å²) in [5.41, 5.74) is 3.41. The monoisotopic (exact) mass is 248 g/mol. The Hall–Kier alpha value is -2.57. The molecule has 0 spiro atoms. The molecular weight excluding hydrogens is 236 g/mol. The van der Waals surface area contributed by atoms with Crippen LogP contribution < -0.4 is 0 Å². The van der Waals surface area contributed by atoms with Crippen molar-refractivity contribution in [2.75, 3.05) is 0 Å². The molecule has 0 radical (unpaired) electrons. The number of hydrogen-bond acceptors (Lipinski definition) is 2. The van der Waals surface area contributed by atoms with E-state index in [1.165, 1.54) is 0 Å². The number of aliphatic hydroxyl groups excluding tert-OH is 1. The Morgan fingerprint density at radius 1 is 1.05 bits per heavy atom. The van der Waals surface area contributed by atoms with Crippen LogP contribution >= 0.6 is 0 Å². The van der Waals surface area contributed by atoms with Crippen molar-refractivity contribution in [3.63, 3.8) is 0 Å². The topological polar surface area (TPSA) is 49.0 Å². The van der Waals surface area contributed by atoms with Gasteiger partial charge < -0.3 is 9.67 Å². The second-order valence-electron chi connectivity index (χ2n) is 4.36. The lowest BCUT2D eigenvalue weighted by Crippen LogP contribution is -1.97. The lowest BCUT2D eigenvalue weighted by atomic mass is 10.2. The molecule has 0 unspecified atom stereocenters. The molecule has 1 heterocycles. The van der Waals surface area contributed by atoms with Crippen LogP contribution in [0.25, 0.3) is 16.6 Å². The molecule has 92 valence electrons. The minimum atomic E-state index is 0.0256. The Kier molecular flexibility index (Phi) is 2.79. The summed E-state index contributed by atoms with van der Waals surface area (Å²) >= 11 is 0. The van der Waals surface area contributed by atoms with Gasteiger partial charge in [-0.25, -0.2) is 0 Å². The highest BCUT2D eigenvalue weighted by Crippen LogP contribution is 2.24. The van der Waals surface area contributed by atoms with Crippen LogP contribution in [0.1, 0.15) is 11.3 Å². The molecular formula is C16H12N2O. The van der Waals surface area contributed by atoms with Crippen molar-refractivity contribution in [1.29, 1.82) is 5.26 Å². The quantitative estimate of drug-likeness (QED) is 0.758. The number of nitrogens with zero attached hydrogens (tertiary/aromatic N) is 2. The number of aliphatic hydroxyl groups is 1. The van der Waals surface area contributed by atoms with E-state index in [4.69, 9.17) is 5.11 Å². The molecule has 2 aromatic carbocycles. The van der Waals surface area contributed by atoms with Crippen LogP contribution in [0.4, 0.5) is 0 Å². The van der Waals surface area contributed by atoms with E-state index >= 15 is 0 Å². The zero-order chi connectivity index (χ0) is 13.2. The number of hydrogen-bond donors (Lipinski definition) is 1. The molecule has 19 heavy (non-hydrogen) atoms. The molecule has 0 saturated carbocycles. The zero-order valence-corrected chi connectivity index (χ0v) is 10.2. The van der Waals surface area contributed by atoms with Crippen molar-refractivity contribution >= 4 is 10.9 Å². The number of benzene rings is 2. The van der Waals surface area contributed by atoms with Gasteiger partial charge in [-0.2, -0.15) is 5.26 Å². The second kappa shape index (κ2) is 4.60. The third-order valence-electron chi connectivity index (χ3n) is 3.20. The van der Waals surface area contributed by atoms with Gasteiger partial charge in [0.1, 0.15) is 11.8 Å². The first kappa shape index (κ1) is 11.5. The smallest absolute Gasteiger partial charge is 0.125 e. The van der Waals surface area contributed by atoms with E-state index < -0.39 is 0 Å². The van der Waals surface area contributed by atoms with E-state index in [2.05, 4.69) is 6.07 Å². The minimum absolute atomic E-state index is 0.0256. The minimum Gasteiger partial charge on any atom is -0.392 e. The third-order valence-corrected chi connectivity index (χ3v) is 3.20. The predicted octanol–water partition coefficient (Wildman–Crippen LogP) is 2.99. The highest BCUT2D eigenvalue weighted by Gasteiger charge is 2.09. The molecule has 3 aromatic rings. The molecule has 0 saturated heterocycles. The first-order chi connectivity index (χ1) is 9.33. The maximum Gasteiger partial charge on any atom is 0.125 e. The van der Waals surface area contributed by atoms with Crippen molar-refractivity contribution < 1.29 is 5.11 Å². The molecule has 0 aliphatic heterocycles. The van der Waals surface area contributed by atoms with Gasteiger partial charge in [0.25, 0.3) is 0 Å². The van der Waals surface area contributed by atoms with Crippen LogP contribution in [-0.2, 0) is 6.61 Å². The normalized spacial score (nSPS) is 10.5. The Morgan fingerprint density at radius 3 is 2.47 bits per heavy atom. The van der Waals surface area contributed by atoms with Gasteiger partial charge in [0.15, 0.2) is 0 Å². The van der Waals surface area contributed by atoms with Crippen LogP contribution in [0.15, 0.2) is 54.6 Å². The molecule has 0 aliphatic carbocycles. The van der Waals surface area contributed by atoms with Gasteiger partial charge in [-0.05, 0) is 29.8 Å². The van der Waals surface area contributed by atoms with Crippen molar-refractivity contribution in [2.24, 2.45) is 0 Å². The summed E-state index contributed by atoms with van der Waals surface area (Å²) in [5, 5.41) is 19.4. The van der Waals surface area contributed by atoms with Crippen molar-refractivity contribution in [1.82, 2.24) is 4.57 Å². The van der Waals surface area contributed by atoms with Crippen LogP contribution in [0.5, 0.6) is 0 Å². The maximum absolute atomic E-state index is 9.27. The number of fused-ring (bicyclic) bond motifs is 1. The lowest BCUT2D eigenvalue weighted by Gasteiger charge is -2.07. The SMILES string of the molecule is N#Cc1cc2ccccc2n1-c1ccc(CO)cc1. The number of para-hydroxylation sites is 1. The standard InChI is InChI=1S/C16H12N2O/c17-10-15-9-13-3-1-2-4-16(13)18(15)14-7-5-12(11-19)6-8-14/h1-9,19H,11H2. The van der Waals surface area contributed by atoms with Gasteiger partial charge >= 0.3 is 0 Å². The number of rotatable bonds is 2. The summed E-state index contributed by atoms with van der Waals surface area (Å²) in [6.07, 6.45) is 0. The number of aromatic nitrogens is 1. The van der Waals surface area contributed by atoms with E-state index in [1.807, 2.05) is 59.2 Å². The lowest BCUT2D eigenvalue weighted by molar-refractivity contribution is 0.282. The second-order valence-corrected chi connectivity index (χ2v) is 4.36. The first-order valence-electron chi connectivity index (χ1n) is 6.04. The van der Waals surface area contributed by atoms with Gasteiger partial charge in [-0.15, -0.1) is 0 Å². The van der Waals surface area contributed by atoms with E-state index in [0.717, 1.165) is 22.2 Å². The molecule has 0 fully saturated rings. The molecule has 0 amide bonds. The fourth-order valence-corrected chi connectivity index (χ4v) is 2.27. The average Bonchev–Trinajstić information content (AvgIpc) is 2.86. The van der Waals surface area contributed by atoms with Gasteiger partial charge in [0.05, 0.1) is 12.1 Å². The highest BCUT2D eigenvalue weighted by molar-refractivity contribution is 5.84. The van der Waals surface area contributed by atoms with E-state index in [9.17, 15) is 5.26 Å². The highest BCUT2D eigenvalue weighted by atomic mass is 16.3. The Labute approximate surface area is 111 Å². The Morgan fingerprint density at radius 2 is 1.79 bits per heavy atom. The van der Waals surface area contributed by atoms with Gasteiger partial charge in [-0.1, -0.05) is 30.3 Å². The molecule has 0 bridgehead atoms. The summed E-state index contributed by atoms with van der Waals surface area (Å²) in [5.74, 6) is 0. The summed E-state index contributed by atoms with van der Waals surface area (Å²) in [6.45, 7) is 0.0256. The van der Waals surface area contributed by atoms with Crippen LogP contribution in [-0.4, -0.2) is 9.67 Å². The molecule has 1 N–H and O–H groups in total. The van der Waals surface area contributed by atoms with E-state index in [1.54, 1.807) is 0 Å². The summed E-state index contributed by atoms with van der Waals surface area (Å²) in [7, 11) is 0. The zero-order valence-electron chi connectivity index (χ0n) is 10.2. The van der Waals surface area contributed by atoms with Crippen LogP contribution in [0.2, 0.25) is 0 Å². The van der Waals surface area contributed by atoms with Gasteiger partial charge in [0, 0.05) is 11.1 Å². The van der Waals surface area contributed by atoms with E-state index in [0.29, 0.717) is 5.69 Å². The van der Waals surface area contributed by atoms with Gasteiger partial charge in [-0.3, -0.25) is 0 Å². The Bertz CT molecular complexity index is 764. The summed E-state index contributed by atoms with van der Waals surface area (Å²) in [6, 6.07) is 19.6. The summed E-state index contributed by atoms with van der Waals surface area (Å²) in [4.78, 5) is 0. The average molecular weight is 248 g/mol. The molecule has 3 rings (SSSR count). The van der Waals surface area contributed by atoms with Crippen molar-refractivity contribution in [2.45, 2.75) is 6.61 Å². The molecule has 0 aliphatic rings. The van der Waals surface area contributed by atoms with Crippen LogP contribution in [0.3, 0.4) is 0 Å². The fourth-order valence-electron chi connectivity index (χ4n) is 2.27. The van der Waals surface area contributed by atoms with Crippen LogP contribution in [0, 0.1) is 11.3 Å². The molecule has 1 aromatic heterocycles. The fraction of sp³-hybridized carbons (Fsp3) is 0.0625. The van der Waals surface area contributed by atoms with Crippen molar-refractivity contribution in [3.05, 3.63) is 65.9 Å².